The fourth-order valence-electron chi connectivity index (χ4n) is 2.90. The average molecular weight is 388 g/mol. The number of amides is 2. The van der Waals surface area contributed by atoms with Crippen molar-refractivity contribution >= 4 is 12.0 Å². The Hall–Kier alpha value is -3.29. The highest BCUT2D eigenvalue weighted by Gasteiger charge is 2.37. The molecule has 1 aliphatic rings. The topological polar surface area (TPSA) is 77.1 Å². The second kappa shape index (κ2) is 8.60. The van der Waals surface area contributed by atoms with Gasteiger partial charge >= 0.3 is 6.09 Å². The molecule has 148 valence electrons. The van der Waals surface area contributed by atoms with E-state index in [1.807, 2.05) is 0 Å². The molecular formula is C20H21FN2O5. The fraction of sp³-hybridized carbons (Fsp3) is 0.300. The van der Waals surface area contributed by atoms with E-state index in [4.69, 9.17) is 14.2 Å². The maximum Gasteiger partial charge on any atom is 0.410 e. The van der Waals surface area contributed by atoms with Crippen molar-refractivity contribution in [3.63, 3.8) is 0 Å². The number of methoxy groups -OCH3 is 2. The van der Waals surface area contributed by atoms with E-state index in [-0.39, 0.29) is 31.4 Å². The van der Waals surface area contributed by atoms with Crippen molar-refractivity contribution in [2.75, 3.05) is 20.8 Å². The first-order valence-corrected chi connectivity index (χ1v) is 8.67. The number of nitrogens with zero attached hydrogens (tertiary/aromatic N) is 1. The first-order valence-electron chi connectivity index (χ1n) is 8.67. The highest BCUT2D eigenvalue weighted by atomic mass is 19.1. The zero-order valence-electron chi connectivity index (χ0n) is 15.6. The standard InChI is InChI=1S/C20H21FN2O5/c1-26-16-7-14(8-17(9-16)27-2)10-22-19(24)18-12-28-20(25)23(18)11-13-3-5-15(21)6-4-13/h3-9,18H,10-12H2,1-2H3,(H,22,24)/t18-/m0/s1. The van der Waals surface area contributed by atoms with Gasteiger partial charge in [-0.05, 0) is 35.4 Å². The molecule has 8 heteroatoms. The lowest BCUT2D eigenvalue weighted by atomic mass is 10.1. The van der Waals surface area contributed by atoms with Crippen LogP contribution in [0.5, 0.6) is 11.5 Å². The molecule has 1 N–H and O–H groups in total. The van der Waals surface area contributed by atoms with E-state index in [1.165, 1.54) is 17.0 Å². The van der Waals surface area contributed by atoms with E-state index in [9.17, 15) is 14.0 Å². The molecule has 2 aromatic rings. The number of carbonyl (C=O) groups excluding carboxylic acids is 2. The van der Waals surface area contributed by atoms with Crippen LogP contribution in [0.2, 0.25) is 0 Å². The first-order chi connectivity index (χ1) is 13.5. The summed E-state index contributed by atoms with van der Waals surface area (Å²) in [7, 11) is 3.10. The number of hydrogen-bond acceptors (Lipinski definition) is 5. The van der Waals surface area contributed by atoms with Gasteiger partial charge in [-0.3, -0.25) is 9.69 Å². The van der Waals surface area contributed by atoms with Gasteiger partial charge < -0.3 is 19.5 Å². The molecule has 0 unspecified atom stereocenters. The Morgan fingerprint density at radius 1 is 1.14 bits per heavy atom. The molecule has 0 radical (unpaired) electrons. The quantitative estimate of drug-likeness (QED) is 0.789. The van der Waals surface area contributed by atoms with Gasteiger partial charge in [0, 0.05) is 12.6 Å². The van der Waals surface area contributed by atoms with Crippen LogP contribution in [0.3, 0.4) is 0 Å². The van der Waals surface area contributed by atoms with Gasteiger partial charge in [-0.15, -0.1) is 0 Å². The van der Waals surface area contributed by atoms with Crippen LogP contribution in [0.1, 0.15) is 11.1 Å². The lowest BCUT2D eigenvalue weighted by Gasteiger charge is -2.21. The summed E-state index contributed by atoms with van der Waals surface area (Å²) in [6.45, 7) is 0.360. The predicted molar refractivity (Wildman–Crippen MR) is 98.5 cm³/mol. The largest absolute Gasteiger partial charge is 0.497 e. The molecular weight excluding hydrogens is 367 g/mol. The van der Waals surface area contributed by atoms with Crippen LogP contribution in [-0.2, 0) is 22.6 Å². The van der Waals surface area contributed by atoms with E-state index in [0.29, 0.717) is 17.1 Å². The van der Waals surface area contributed by atoms with Gasteiger partial charge in [0.25, 0.3) is 0 Å². The van der Waals surface area contributed by atoms with E-state index in [2.05, 4.69) is 5.32 Å². The van der Waals surface area contributed by atoms with E-state index in [0.717, 1.165) is 5.56 Å². The van der Waals surface area contributed by atoms with Crippen molar-refractivity contribution < 1.29 is 28.2 Å². The Morgan fingerprint density at radius 3 is 2.39 bits per heavy atom. The highest BCUT2D eigenvalue weighted by Crippen LogP contribution is 2.23. The maximum absolute atomic E-state index is 13.1. The minimum Gasteiger partial charge on any atom is -0.497 e. The van der Waals surface area contributed by atoms with Crippen LogP contribution in [-0.4, -0.2) is 43.8 Å². The second-order valence-corrected chi connectivity index (χ2v) is 6.29. The van der Waals surface area contributed by atoms with E-state index < -0.39 is 12.1 Å². The Bertz CT molecular complexity index is 834. The minimum absolute atomic E-state index is 0.0344. The van der Waals surface area contributed by atoms with Crippen LogP contribution in [0.15, 0.2) is 42.5 Å². The van der Waals surface area contributed by atoms with Crippen molar-refractivity contribution in [3.05, 3.63) is 59.4 Å². The number of carbonyl (C=O) groups is 2. The Kier molecular flexibility index (Phi) is 5.98. The van der Waals surface area contributed by atoms with E-state index in [1.54, 1.807) is 44.6 Å². The average Bonchev–Trinajstić information content (AvgIpc) is 3.07. The van der Waals surface area contributed by atoms with Crippen molar-refractivity contribution in [2.24, 2.45) is 0 Å². The number of benzene rings is 2. The van der Waals surface area contributed by atoms with Crippen molar-refractivity contribution in [3.8, 4) is 11.5 Å². The van der Waals surface area contributed by atoms with Crippen LogP contribution < -0.4 is 14.8 Å². The lowest BCUT2D eigenvalue weighted by Crippen LogP contribution is -2.45. The first kappa shape index (κ1) is 19.5. The molecule has 0 bridgehead atoms. The summed E-state index contributed by atoms with van der Waals surface area (Å²) in [4.78, 5) is 26.0. The molecule has 3 rings (SSSR count). The number of cyclic esters (lactones) is 1. The molecule has 2 aromatic carbocycles. The maximum atomic E-state index is 13.1. The fourth-order valence-corrected chi connectivity index (χ4v) is 2.90. The van der Waals surface area contributed by atoms with Gasteiger partial charge in [0.05, 0.1) is 20.8 Å². The summed E-state index contributed by atoms with van der Waals surface area (Å²) in [5.74, 6) is 0.521. The van der Waals surface area contributed by atoms with Crippen LogP contribution in [0.4, 0.5) is 9.18 Å². The van der Waals surface area contributed by atoms with Crippen LogP contribution in [0.25, 0.3) is 0 Å². The van der Waals surface area contributed by atoms with Gasteiger partial charge in [0.2, 0.25) is 5.91 Å². The van der Waals surface area contributed by atoms with Gasteiger partial charge in [0.1, 0.15) is 30.0 Å². The monoisotopic (exact) mass is 388 g/mol. The molecule has 0 aromatic heterocycles. The summed E-state index contributed by atoms with van der Waals surface area (Å²) in [6.07, 6.45) is -0.576. The zero-order chi connectivity index (χ0) is 20.1. The Balaban J connectivity index is 1.65. The third kappa shape index (κ3) is 4.51. The SMILES string of the molecule is COc1cc(CNC(=O)[C@@H]2COC(=O)N2Cc2ccc(F)cc2)cc(OC)c1. The molecule has 28 heavy (non-hydrogen) atoms. The number of rotatable bonds is 7. The van der Waals surface area contributed by atoms with Gasteiger partial charge in [-0.1, -0.05) is 12.1 Å². The van der Waals surface area contributed by atoms with Crippen molar-refractivity contribution in [2.45, 2.75) is 19.1 Å². The molecule has 2 amide bonds. The summed E-state index contributed by atoms with van der Waals surface area (Å²) >= 11 is 0. The molecule has 0 aliphatic carbocycles. The van der Waals surface area contributed by atoms with E-state index >= 15 is 0 Å². The number of nitrogens with one attached hydrogen (secondary N) is 1. The molecule has 1 saturated heterocycles. The third-order valence-corrected chi connectivity index (χ3v) is 4.42. The molecule has 1 fully saturated rings. The van der Waals surface area contributed by atoms with Gasteiger partial charge in [-0.2, -0.15) is 0 Å². The Labute approximate surface area is 162 Å². The zero-order valence-corrected chi connectivity index (χ0v) is 15.6. The number of ether oxygens (including phenoxy) is 3. The molecule has 1 aliphatic heterocycles. The molecule has 0 saturated carbocycles. The number of halogens is 1. The van der Waals surface area contributed by atoms with Gasteiger partial charge in [0.15, 0.2) is 0 Å². The molecule has 1 heterocycles. The summed E-state index contributed by atoms with van der Waals surface area (Å²) in [5.41, 5.74) is 1.50. The molecule has 0 spiro atoms. The van der Waals surface area contributed by atoms with Gasteiger partial charge in [-0.25, -0.2) is 9.18 Å². The number of hydrogen-bond donors (Lipinski definition) is 1. The molecule has 7 nitrogen and oxygen atoms in total. The summed E-state index contributed by atoms with van der Waals surface area (Å²) in [5, 5.41) is 2.81. The van der Waals surface area contributed by atoms with Crippen molar-refractivity contribution in [1.29, 1.82) is 0 Å². The summed E-state index contributed by atoms with van der Waals surface area (Å²) in [6, 6.07) is 10.3. The van der Waals surface area contributed by atoms with Crippen LogP contribution in [0, 0.1) is 5.82 Å². The van der Waals surface area contributed by atoms with Crippen LogP contribution >= 0.6 is 0 Å². The van der Waals surface area contributed by atoms with Crippen molar-refractivity contribution in [1.82, 2.24) is 10.2 Å². The third-order valence-electron chi connectivity index (χ3n) is 4.42. The summed E-state index contributed by atoms with van der Waals surface area (Å²) < 4.78 is 28.5. The highest BCUT2D eigenvalue weighted by molar-refractivity contribution is 5.87. The predicted octanol–water partition coefficient (Wildman–Crippen LogP) is 2.48. The smallest absolute Gasteiger partial charge is 0.410 e. The minimum atomic E-state index is -0.759. The lowest BCUT2D eigenvalue weighted by molar-refractivity contribution is -0.125. The second-order valence-electron chi connectivity index (χ2n) is 6.29. The Morgan fingerprint density at radius 2 is 1.79 bits per heavy atom. The molecule has 1 atom stereocenters. The normalized spacial score (nSPS) is 15.9.